The van der Waals surface area contributed by atoms with Crippen molar-refractivity contribution in [1.29, 1.82) is 0 Å². The molecule has 2 amide bonds. The maximum absolute atomic E-state index is 11.8. The van der Waals surface area contributed by atoms with Gasteiger partial charge in [0.25, 0.3) is 0 Å². The van der Waals surface area contributed by atoms with Crippen LogP contribution in [0.25, 0.3) is 0 Å². The van der Waals surface area contributed by atoms with Gasteiger partial charge in [-0.2, -0.15) is 0 Å². The number of carbonyl (C=O) groups is 1. The van der Waals surface area contributed by atoms with Gasteiger partial charge in [-0.3, -0.25) is 0 Å². The molecule has 0 spiro atoms. The zero-order valence-corrected chi connectivity index (χ0v) is 9.91. The fourth-order valence-corrected chi connectivity index (χ4v) is 2.38. The number of amides is 2. The van der Waals surface area contributed by atoms with E-state index in [0.717, 1.165) is 45.4 Å². The van der Waals surface area contributed by atoms with Crippen molar-refractivity contribution in [3.05, 3.63) is 0 Å². The Kier molecular flexibility index (Phi) is 4.45. The van der Waals surface area contributed by atoms with Crippen LogP contribution in [0.2, 0.25) is 0 Å². The van der Waals surface area contributed by atoms with E-state index < -0.39 is 0 Å². The molecule has 4 heteroatoms. The van der Waals surface area contributed by atoms with Gasteiger partial charge in [-0.1, -0.05) is 0 Å². The lowest BCUT2D eigenvalue weighted by Crippen LogP contribution is -2.45. The highest BCUT2D eigenvalue weighted by Gasteiger charge is 2.19. The van der Waals surface area contributed by atoms with Gasteiger partial charge in [0.15, 0.2) is 0 Å². The van der Waals surface area contributed by atoms with Gasteiger partial charge in [0, 0.05) is 26.2 Å². The van der Waals surface area contributed by atoms with Crippen LogP contribution in [-0.2, 0) is 4.74 Å². The molecule has 0 radical (unpaired) electrons. The molecule has 0 aromatic heterocycles. The van der Waals surface area contributed by atoms with Gasteiger partial charge < -0.3 is 15.0 Å². The van der Waals surface area contributed by atoms with Crippen LogP contribution in [0, 0.1) is 0 Å². The first kappa shape index (κ1) is 11.7. The predicted molar refractivity (Wildman–Crippen MR) is 62.4 cm³/mol. The summed E-state index contributed by atoms with van der Waals surface area (Å²) in [4.78, 5) is 13.7. The molecule has 0 saturated carbocycles. The van der Waals surface area contributed by atoms with Gasteiger partial charge >= 0.3 is 6.03 Å². The first-order valence-electron chi connectivity index (χ1n) is 6.50. The second kappa shape index (κ2) is 6.09. The van der Waals surface area contributed by atoms with Gasteiger partial charge in [0.1, 0.15) is 0 Å². The normalized spacial score (nSPS) is 26.5. The summed E-state index contributed by atoms with van der Waals surface area (Å²) in [5.74, 6) is 0. The van der Waals surface area contributed by atoms with Crippen LogP contribution in [0.3, 0.4) is 0 Å². The number of hydrogen-bond acceptors (Lipinski definition) is 2. The van der Waals surface area contributed by atoms with Crippen molar-refractivity contribution in [3.8, 4) is 0 Å². The SMILES string of the molecule is O=C(NCC1CCCCO1)N1CCCCC1. The average Bonchev–Trinajstić information content (AvgIpc) is 2.38. The van der Waals surface area contributed by atoms with Gasteiger partial charge in [-0.05, 0) is 38.5 Å². The monoisotopic (exact) mass is 226 g/mol. The molecule has 2 heterocycles. The molecule has 0 aromatic rings. The average molecular weight is 226 g/mol. The number of nitrogens with zero attached hydrogens (tertiary/aromatic N) is 1. The zero-order valence-electron chi connectivity index (χ0n) is 9.91. The van der Waals surface area contributed by atoms with Gasteiger partial charge in [-0.15, -0.1) is 0 Å². The Balaban J connectivity index is 1.65. The van der Waals surface area contributed by atoms with Crippen molar-refractivity contribution in [1.82, 2.24) is 10.2 Å². The highest BCUT2D eigenvalue weighted by Crippen LogP contribution is 2.12. The Hall–Kier alpha value is -0.770. The van der Waals surface area contributed by atoms with Gasteiger partial charge in [0.05, 0.1) is 6.10 Å². The van der Waals surface area contributed by atoms with E-state index in [1.165, 1.54) is 12.8 Å². The molecule has 0 bridgehead atoms. The van der Waals surface area contributed by atoms with E-state index in [-0.39, 0.29) is 12.1 Å². The Morgan fingerprint density at radius 3 is 2.69 bits per heavy atom. The van der Waals surface area contributed by atoms with Crippen LogP contribution in [0.4, 0.5) is 4.79 Å². The van der Waals surface area contributed by atoms with E-state index >= 15 is 0 Å². The fraction of sp³-hybridized carbons (Fsp3) is 0.917. The van der Waals surface area contributed by atoms with Gasteiger partial charge in [0.2, 0.25) is 0 Å². The Morgan fingerprint density at radius 1 is 1.19 bits per heavy atom. The third-order valence-corrected chi connectivity index (χ3v) is 3.40. The summed E-state index contributed by atoms with van der Waals surface area (Å²) < 4.78 is 5.58. The molecular formula is C12H22N2O2. The van der Waals surface area contributed by atoms with E-state index in [0.29, 0.717) is 6.54 Å². The summed E-state index contributed by atoms with van der Waals surface area (Å²) in [6.45, 7) is 3.36. The van der Waals surface area contributed by atoms with Crippen LogP contribution in [0.15, 0.2) is 0 Å². The maximum Gasteiger partial charge on any atom is 0.317 e. The van der Waals surface area contributed by atoms with E-state index in [9.17, 15) is 4.79 Å². The van der Waals surface area contributed by atoms with Crippen molar-refractivity contribution in [2.45, 2.75) is 44.6 Å². The fourth-order valence-electron chi connectivity index (χ4n) is 2.38. The number of likely N-dealkylation sites (tertiary alicyclic amines) is 1. The zero-order chi connectivity index (χ0) is 11.2. The van der Waals surface area contributed by atoms with Crippen LogP contribution in [0.5, 0.6) is 0 Å². The first-order valence-corrected chi connectivity index (χ1v) is 6.50. The molecule has 1 atom stereocenters. The second-order valence-electron chi connectivity index (χ2n) is 4.72. The van der Waals surface area contributed by atoms with Crippen LogP contribution in [0.1, 0.15) is 38.5 Å². The number of rotatable bonds is 2. The number of hydrogen-bond donors (Lipinski definition) is 1. The molecule has 0 aliphatic carbocycles. The number of ether oxygens (including phenoxy) is 1. The summed E-state index contributed by atoms with van der Waals surface area (Å²) in [6, 6.07) is 0.0915. The molecule has 2 aliphatic heterocycles. The summed E-state index contributed by atoms with van der Waals surface area (Å²) in [5, 5.41) is 2.98. The number of urea groups is 1. The lowest BCUT2D eigenvalue weighted by molar-refractivity contribution is 0.0176. The minimum absolute atomic E-state index is 0.0915. The highest BCUT2D eigenvalue weighted by molar-refractivity contribution is 5.74. The largest absolute Gasteiger partial charge is 0.376 e. The van der Waals surface area contributed by atoms with Crippen molar-refractivity contribution >= 4 is 6.03 Å². The minimum atomic E-state index is 0.0915. The number of nitrogens with one attached hydrogen (secondary N) is 1. The summed E-state index contributed by atoms with van der Waals surface area (Å²) in [7, 11) is 0. The number of carbonyl (C=O) groups excluding carboxylic acids is 1. The van der Waals surface area contributed by atoms with Crippen molar-refractivity contribution in [2.75, 3.05) is 26.2 Å². The summed E-state index contributed by atoms with van der Waals surface area (Å²) in [6.07, 6.45) is 7.26. The lowest BCUT2D eigenvalue weighted by Gasteiger charge is -2.28. The van der Waals surface area contributed by atoms with Crippen LogP contribution < -0.4 is 5.32 Å². The van der Waals surface area contributed by atoms with Crippen molar-refractivity contribution in [3.63, 3.8) is 0 Å². The molecule has 2 saturated heterocycles. The molecule has 2 aliphatic rings. The highest BCUT2D eigenvalue weighted by atomic mass is 16.5. The second-order valence-corrected chi connectivity index (χ2v) is 4.72. The van der Waals surface area contributed by atoms with Crippen molar-refractivity contribution in [2.24, 2.45) is 0 Å². The Morgan fingerprint density at radius 2 is 2.00 bits per heavy atom. The molecule has 1 unspecified atom stereocenters. The first-order chi connectivity index (χ1) is 7.86. The Bertz CT molecular complexity index is 221. The van der Waals surface area contributed by atoms with Crippen LogP contribution in [-0.4, -0.2) is 43.3 Å². The Labute approximate surface area is 97.3 Å². The third kappa shape index (κ3) is 3.37. The van der Waals surface area contributed by atoms with E-state index in [2.05, 4.69) is 5.32 Å². The molecular weight excluding hydrogens is 204 g/mol. The summed E-state index contributed by atoms with van der Waals surface area (Å²) in [5.41, 5.74) is 0. The number of piperidine rings is 1. The van der Waals surface area contributed by atoms with Crippen molar-refractivity contribution < 1.29 is 9.53 Å². The van der Waals surface area contributed by atoms with E-state index in [1.807, 2.05) is 4.90 Å². The topological polar surface area (TPSA) is 41.6 Å². The molecule has 4 nitrogen and oxygen atoms in total. The standard InChI is InChI=1S/C12H22N2O2/c15-12(14-7-3-1-4-8-14)13-10-11-6-2-5-9-16-11/h11H,1-10H2,(H,13,15). The maximum atomic E-state index is 11.8. The molecule has 0 aromatic carbocycles. The smallest absolute Gasteiger partial charge is 0.317 e. The van der Waals surface area contributed by atoms with Crippen LogP contribution >= 0.6 is 0 Å². The summed E-state index contributed by atoms with van der Waals surface area (Å²) >= 11 is 0. The lowest BCUT2D eigenvalue weighted by atomic mass is 10.1. The quantitative estimate of drug-likeness (QED) is 0.779. The third-order valence-electron chi connectivity index (χ3n) is 3.40. The molecule has 16 heavy (non-hydrogen) atoms. The van der Waals surface area contributed by atoms with E-state index in [4.69, 9.17) is 4.74 Å². The minimum Gasteiger partial charge on any atom is -0.376 e. The van der Waals surface area contributed by atoms with Gasteiger partial charge in [-0.25, -0.2) is 4.79 Å². The molecule has 1 N–H and O–H groups in total. The molecule has 2 rings (SSSR count). The predicted octanol–water partition coefficient (Wildman–Crippen LogP) is 1.75. The van der Waals surface area contributed by atoms with E-state index in [1.54, 1.807) is 0 Å². The molecule has 2 fully saturated rings. The molecule has 92 valence electrons.